The van der Waals surface area contributed by atoms with E-state index in [4.69, 9.17) is 14.6 Å². The number of nitrogens with zero attached hydrogens (tertiary/aromatic N) is 5. The Morgan fingerprint density at radius 1 is 1.09 bits per heavy atom. The first-order chi connectivity index (χ1) is 21.8. The maximum absolute atomic E-state index is 14.1. The number of aryl methyl sites for hydroxylation is 1. The molecule has 2 atom stereocenters. The zero-order valence-corrected chi connectivity index (χ0v) is 25.2. The number of aliphatic hydroxyl groups is 2. The zero-order valence-electron chi connectivity index (χ0n) is 25.2. The van der Waals surface area contributed by atoms with Crippen LogP contribution in [-0.2, 0) is 34.7 Å². The van der Waals surface area contributed by atoms with Crippen LogP contribution in [0.4, 0.5) is 17.1 Å². The quantitative estimate of drug-likeness (QED) is 0.245. The van der Waals surface area contributed by atoms with Crippen molar-refractivity contribution in [1.29, 1.82) is 0 Å². The van der Waals surface area contributed by atoms with E-state index in [2.05, 4.69) is 10.3 Å². The lowest BCUT2D eigenvalue weighted by Crippen LogP contribution is -2.44. The van der Waals surface area contributed by atoms with Gasteiger partial charge in [0.2, 0.25) is 0 Å². The average Bonchev–Trinajstić information content (AvgIpc) is 3.59. The molecule has 0 aliphatic carbocycles. The van der Waals surface area contributed by atoms with E-state index in [1.165, 1.54) is 0 Å². The highest BCUT2D eigenvalue weighted by Gasteiger charge is 2.52. The third kappa shape index (κ3) is 5.67. The maximum atomic E-state index is 14.1. The zero-order chi connectivity index (χ0) is 31.6. The summed E-state index contributed by atoms with van der Waals surface area (Å²) in [6.45, 7) is 2.52. The summed E-state index contributed by atoms with van der Waals surface area (Å²) < 4.78 is 12.8. The number of aliphatic hydroxyl groups excluding tert-OH is 1. The molecule has 2 aliphatic rings. The largest absolute Gasteiger partial charge is 0.497 e. The van der Waals surface area contributed by atoms with Gasteiger partial charge in [-0.05, 0) is 54.4 Å². The summed E-state index contributed by atoms with van der Waals surface area (Å²) >= 11 is 0. The molecular weight excluding hydrogens is 574 g/mol. The van der Waals surface area contributed by atoms with Gasteiger partial charge in [0.05, 0.1) is 30.7 Å². The molecular formula is C34H35N5O6. The Bertz CT molecular complexity index is 1750. The van der Waals surface area contributed by atoms with E-state index in [-0.39, 0.29) is 25.7 Å². The van der Waals surface area contributed by atoms with E-state index in [9.17, 15) is 14.7 Å². The summed E-state index contributed by atoms with van der Waals surface area (Å²) in [5.74, 6) is -0.0272. The van der Waals surface area contributed by atoms with Gasteiger partial charge in [0.1, 0.15) is 11.5 Å². The standard InChI is InChI=1S/C34H35N5O6/c1-23(8-5-6-16-37-21-25(15-17-40)35-36-37)34(43)28-19-27(44-2)13-14-29(28)38(33(34)42)20-24-9-7-10-26(18-24)39-30-11-3-4-12-31(30)45-22-32(39)41/h3-5,7-14,18-19,21,23,40,43H,6,15-17,20,22H2,1-2H3/b8-5+/t23-,34+/m1/s1. The van der Waals surface area contributed by atoms with Crippen LogP contribution >= 0.6 is 0 Å². The third-order valence-corrected chi connectivity index (χ3v) is 8.26. The van der Waals surface area contributed by atoms with Crippen molar-refractivity contribution in [3.8, 4) is 11.5 Å². The van der Waals surface area contributed by atoms with Crippen LogP contribution in [0.1, 0.15) is 30.2 Å². The van der Waals surface area contributed by atoms with Gasteiger partial charge in [-0.1, -0.05) is 48.6 Å². The van der Waals surface area contributed by atoms with Crippen LogP contribution in [0.5, 0.6) is 11.5 Å². The van der Waals surface area contributed by atoms with Gasteiger partial charge in [-0.3, -0.25) is 19.2 Å². The van der Waals surface area contributed by atoms with Crippen LogP contribution in [-0.4, -0.2) is 57.3 Å². The van der Waals surface area contributed by atoms with Gasteiger partial charge in [0.15, 0.2) is 12.2 Å². The smallest absolute Gasteiger partial charge is 0.269 e. The topological polar surface area (TPSA) is 130 Å². The SMILES string of the molecule is COc1ccc2c(c1)[C@@](O)([C@H](C)/C=C/CCn1cc(CCO)nn1)C(=O)N2Cc1cccc(N2C(=O)COc3ccccc32)c1. The van der Waals surface area contributed by atoms with Crippen molar-refractivity contribution in [3.63, 3.8) is 0 Å². The van der Waals surface area contributed by atoms with E-state index in [0.717, 1.165) is 11.3 Å². The Hall–Kier alpha value is -5.00. The van der Waals surface area contributed by atoms with Crippen LogP contribution in [0.3, 0.4) is 0 Å². The summed E-state index contributed by atoms with van der Waals surface area (Å²) in [4.78, 5) is 30.3. The number of methoxy groups -OCH3 is 1. The number of carbonyl (C=O) groups excluding carboxylic acids is 2. The fourth-order valence-electron chi connectivity index (χ4n) is 5.90. The van der Waals surface area contributed by atoms with Crippen LogP contribution in [0.2, 0.25) is 0 Å². The number of hydrogen-bond donors (Lipinski definition) is 2. The molecule has 6 rings (SSSR count). The number of para-hydroxylation sites is 2. The molecule has 0 spiro atoms. The van der Waals surface area contributed by atoms with Crippen molar-refractivity contribution in [2.24, 2.45) is 5.92 Å². The summed E-state index contributed by atoms with van der Waals surface area (Å²) in [5, 5.41) is 29.3. The monoisotopic (exact) mass is 609 g/mol. The number of rotatable bonds is 11. The molecule has 11 heteroatoms. The van der Waals surface area contributed by atoms with Crippen LogP contribution in [0, 0.1) is 5.92 Å². The van der Waals surface area contributed by atoms with Crippen LogP contribution < -0.4 is 19.3 Å². The molecule has 0 fully saturated rings. The first kappa shape index (κ1) is 30.0. The lowest BCUT2D eigenvalue weighted by Gasteiger charge is -2.30. The number of amides is 2. The molecule has 1 aromatic heterocycles. The fourth-order valence-corrected chi connectivity index (χ4v) is 5.90. The molecule has 2 aliphatic heterocycles. The lowest BCUT2D eigenvalue weighted by molar-refractivity contribution is -0.139. The molecule has 45 heavy (non-hydrogen) atoms. The summed E-state index contributed by atoms with van der Waals surface area (Å²) in [6, 6.07) is 20.1. The van der Waals surface area contributed by atoms with E-state index in [1.807, 2.05) is 67.6 Å². The molecule has 0 saturated carbocycles. The fraction of sp³-hybridized carbons (Fsp3) is 0.294. The second-order valence-corrected chi connectivity index (χ2v) is 11.1. The van der Waals surface area contributed by atoms with E-state index in [0.29, 0.717) is 53.5 Å². The van der Waals surface area contributed by atoms with Crippen molar-refractivity contribution < 1.29 is 29.3 Å². The minimum Gasteiger partial charge on any atom is -0.497 e. The minimum absolute atomic E-state index is 0.0134. The number of fused-ring (bicyclic) bond motifs is 2. The lowest BCUT2D eigenvalue weighted by atomic mass is 9.83. The highest BCUT2D eigenvalue weighted by molar-refractivity contribution is 6.07. The first-order valence-corrected chi connectivity index (χ1v) is 14.9. The molecule has 0 saturated heterocycles. The van der Waals surface area contributed by atoms with Crippen molar-refractivity contribution in [3.05, 3.63) is 102 Å². The highest BCUT2D eigenvalue weighted by Crippen LogP contribution is 2.47. The van der Waals surface area contributed by atoms with Gasteiger partial charge < -0.3 is 24.6 Å². The molecule has 0 bridgehead atoms. The number of benzene rings is 3. The molecule has 2 N–H and O–H groups in total. The normalized spacial score (nSPS) is 18.2. The Balaban J connectivity index is 1.25. The molecule has 0 radical (unpaired) electrons. The van der Waals surface area contributed by atoms with Gasteiger partial charge in [-0.15, -0.1) is 5.10 Å². The summed E-state index contributed by atoms with van der Waals surface area (Å²) in [5.41, 5.74) is 2.09. The van der Waals surface area contributed by atoms with Crippen molar-refractivity contribution in [2.75, 3.05) is 30.1 Å². The number of carbonyl (C=O) groups is 2. The van der Waals surface area contributed by atoms with E-state index < -0.39 is 17.4 Å². The van der Waals surface area contributed by atoms with Crippen molar-refractivity contribution >= 4 is 28.9 Å². The molecule has 3 aromatic carbocycles. The van der Waals surface area contributed by atoms with Crippen LogP contribution in [0.15, 0.2) is 85.1 Å². The van der Waals surface area contributed by atoms with E-state index in [1.54, 1.807) is 46.0 Å². The van der Waals surface area contributed by atoms with Gasteiger partial charge in [-0.25, -0.2) is 0 Å². The second kappa shape index (κ2) is 12.5. The minimum atomic E-state index is -1.82. The highest BCUT2D eigenvalue weighted by atomic mass is 16.5. The number of anilines is 3. The number of allylic oxidation sites excluding steroid dienone is 1. The van der Waals surface area contributed by atoms with Gasteiger partial charge >= 0.3 is 0 Å². The molecule has 3 heterocycles. The number of ether oxygens (including phenoxy) is 2. The van der Waals surface area contributed by atoms with Gasteiger partial charge in [0, 0.05) is 42.9 Å². The van der Waals surface area contributed by atoms with Crippen molar-refractivity contribution in [1.82, 2.24) is 15.0 Å². The molecule has 232 valence electrons. The molecule has 4 aromatic rings. The van der Waals surface area contributed by atoms with Crippen LogP contribution in [0.25, 0.3) is 0 Å². The van der Waals surface area contributed by atoms with Gasteiger partial charge in [-0.2, -0.15) is 0 Å². The second-order valence-electron chi connectivity index (χ2n) is 11.1. The number of hydrogen-bond acceptors (Lipinski definition) is 8. The predicted molar refractivity (Wildman–Crippen MR) is 167 cm³/mol. The Labute approximate surface area is 260 Å². The Morgan fingerprint density at radius 2 is 1.93 bits per heavy atom. The molecule has 11 nitrogen and oxygen atoms in total. The Kier molecular flexibility index (Phi) is 8.38. The summed E-state index contributed by atoms with van der Waals surface area (Å²) in [7, 11) is 1.55. The molecule has 0 unspecified atom stereocenters. The first-order valence-electron chi connectivity index (χ1n) is 14.9. The Morgan fingerprint density at radius 3 is 2.76 bits per heavy atom. The summed E-state index contributed by atoms with van der Waals surface area (Å²) in [6.07, 6.45) is 6.63. The maximum Gasteiger partial charge on any atom is 0.269 e. The van der Waals surface area contributed by atoms with Gasteiger partial charge in [0.25, 0.3) is 11.8 Å². The van der Waals surface area contributed by atoms with Crippen molar-refractivity contribution in [2.45, 2.75) is 38.5 Å². The van der Waals surface area contributed by atoms with E-state index >= 15 is 0 Å². The average molecular weight is 610 g/mol. The third-order valence-electron chi connectivity index (χ3n) is 8.26. The molecule has 2 amide bonds. The predicted octanol–water partition coefficient (Wildman–Crippen LogP) is 3.90. The number of aromatic nitrogens is 3.